The first kappa shape index (κ1) is 15.8. The Hall–Kier alpha value is -0.540. The summed E-state index contributed by atoms with van der Waals surface area (Å²) < 4.78 is 6.80. The van der Waals surface area contributed by atoms with Crippen molar-refractivity contribution < 1.29 is 4.74 Å². The zero-order chi connectivity index (χ0) is 14.5. The van der Waals surface area contributed by atoms with Crippen molar-refractivity contribution in [1.82, 2.24) is 5.32 Å². The lowest BCUT2D eigenvalue weighted by Crippen LogP contribution is -2.24. The monoisotopic (exact) mass is 339 g/mol. The molecule has 20 heavy (non-hydrogen) atoms. The predicted octanol–water partition coefficient (Wildman–Crippen LogP) is 4.93. The molecule has 2 nitrogen and oxygen atoms in total. The summed E-state index contributed by atoms with van der Waals surface area (Å²) in [5, 5.41) is 3.71. The first-order valence-electron chi connectivity index (χ1n) is 7.83. The summed E-state index contributed by atoms with van der Waals surface area (Å²) in [5.41, 5.74) is 1.38. The van der Waals surface area contributed by atoms with Gasteiger partial charge in [-0.05, 0) is 71.3 Å². The number of rotatable bonds is 8. The molecule has 3 heteroatoms. The number of halogens is 1. The van der Waals surface area contributed by atoms with Gasteiger partial charge >= 0.3 is 0 Å². The van der Waals surface area contributed by atoms with Crippen LogP contribution < -0.4 is 10.1 Å². The maximum Gasteiger partial charge on any atom is 0.133 e. The Morgan fingerprint density at radius 3 is 2.65 bits per heavy atom. The number of ether oxygens (including phenoxy) is 1. The molecule has 0 saturated heterocycles. The molecule has 0 radical (unpaired) electrons. The second kappa shape index (κ2) is 7.46. The normalized spacial score (nSPS) is 22.6. The van der Waals surface area contributed by atoms with Crippen molar-refractivity contribution in [3.8, 4) is 5.75 Å². The molecule has 1 fully saturated rings. The largest absolute Gasteiger partial charge is 0.492 e. The van der Waals surface area contributed by atoms with Gasteiger partial charge in [0.25, 0.3) is 0 Å². The highest BCUT2D eigenvalue weighted by Gasteiger charge is 2.39. The molecule has 3 unspecified atom stereocenters. The maximum absolute atomic E-state index is 5.73. The fourth-order valence-electron chi connectivity index (χ4n) is 2.67. The van der Waals surface area contributed by atoms with Crippen LogP contribution in [-0.4, -0.2) is 13.2 Å². The number of hydrogen-bond donors (Lipinski definition) is 1. The van der Waals surface area contributed by atoms with Crippen LogP contribution in [0.5, 0.6) is 5.75 Å². The Kier molecular flexibility index (Phi) is 5.91. The second-order valence-corrected chi connectivity index (χ2v) is 6.70. The molecular formula is C17H26BrNO. The first-order chi connectivity index (χ1) is 9.67. The highest BCUT2D eigenvalue weighted by Crippen LogP contribution is 2.47. The van der Waals surface area contributed by atoms with Crippen molar-refractivity contribution in [2.24, 2.45) is 11.8 Å². The Morgan fingerprint density at radius 2 is 2.10 bits per heavy atom. The average molecular weight is 340 g/mol. The molecule has 1 saturated carbocycles. The van der Waals surface area contributed by atoms with Crippen molar-refractivity contribution >= 4 is 15.9 Å². The number of nitrogens with one attached hydrogen (secondary N) is 1. The van der Waals surface area contributed by atoms with E-state index in [1.54, 1.807) is 0 Å². The van der Waals surface area contributed by atoms with Crippen LogP contribution >= 0.6 is 15.9 Å². The fourth-order valence-corrected chi connectivity index (χ4v) is 3.18. The van der Waals surface area contributed by atoms with Crippen molar-refractivity contribution in [1.29, 1.82) is 0 Å². The summed E-state index contributed by atoms with van der Waals surface area (Å²) in [6.07, 6.45) is 3.55. The Morgan fingerprint density at radius 1 is 1.35 bits per heavy atom. The van der Waals surface area contributed by atoms with Gasteiger partial charge in [0.15, 0.2) is 0 Å². The molecule has 0 amide bonds. The van der Waals surface area contributed by atoms with E-state index in [0.29, 0.717) is 6.04 Å². The van der Waals surface area contributed by atoms with Crippen LogP contribution in [0.3, 0.4) is 0 Å². The molecule has 112 valence electrons. The van der Waals surface area contributed by atoms with Crippen LogP contribution in [0.1, 0.15) is 51.6 Å². The summed E-state index contributed by atoms with van der Waals surface area (Å²) >= 11 is 3.65. The predicted molar refractivity (Wildman–Crippen MR) is 88.2 cm³/mol. The van der Waals surface area contributed by atoms with Crippen LogP contribution in [0.25, 0.3) is 0 Å². The van der Waals surface area contributed by atoms with E-state index in [-0.39, 0.29) is 0 Å². The average Bonchev–Trinajstić information content (AvgIpc) is 3.15. The van der Waals surface area contributed by atoms with E-state index in [4.69, 9.17) is 4.74 Å². The minimum atomic E-state index is 0.487. The van der Waals surface area contributed by atoms with Gasteiger partial charge in [-0.15, -0.1) is 0 Å². The highest BCUT2D eigenvalue weighted by molar-refractivity contribution is 9.10. The van der Waals surface area contributed by atoms with Gasteiger partial charge in [0.05, 0.1) is 11.1 Å². The fraction of sp³-hybridized carbons (Fsp3) is 0.647. The molecule has 0 heterocycles. The standard InChI is InChI=1S/C17H26BrNO/c1-4-8-19-17(14-10-12(14)3)13-6-7-16(15(18)11-13)20-9-5-2/h6-7,11-12,14,17,19H,4-5,8-10H2,1-3H3. The van der Waals surface area contributed by atoms with E-state index < -0.39 is 0 Å². The van der Waals surface area contributed by atoms with Crippen LogP contribution in [0, 0.1) is 11.8 Å². The second-order valence-electron chi connectivity index (χ2n) is 5.85. The topological polar surface area (TPSA) is 21.3 Å². The van der Waals surface area contributed by atoms with Crippen LogP contribution in [-0.2, 0) is 0 Å². The molecule has 1 aliphatic rings. The molecule has 3 atom stereocenters. The Balaban J connectivity index is 2.10. The summed E-state index contributed by atoms with van der Waals surface area (Å²) in [4.78, 5) is 0. The van der Waals surface area contributed by atoms with Crippen LogP contribution in [0.15, 0.2) is 22.7 Å². The molecule has 0 aliphatic heterocycles. The van der Waals surface area contributed by atoms with E-state index in [1.165, 1.54) is 18.4 Å². The molecule has 1 aliphatic carbocycles. The zero-order valence-corrected chi connectivity index (χ0v) is 14.4. The molecule has 0 spiro atoms. The lowest BCUT2D eigenvalue weighted by molar-refractivity contribution is 0.315. The first-order valence-corrected chi connectivity index (χ1v) is 8.62. The molecule has 0 bridgehead atoms. The highest BCUT2D eigenvalue weighted by atomic mass is 79.9. The van der Waals surface area contributed by atoms with Gasteiger partial charge in [0.2, 0.25) is 0 Å². The van der Waals surface area contributed by atoms with Crippen LogP contribution in [0.4, 0.5) is 0 Å². The molecule has 1 aromatic carbocycles. The van der Waals surface area contributed by atoms with Gasteiger partial charge in [0, 0.05) is 6.04 Å². The molecular weight excluding hydrogens is 314 g/mol. The summed E-state index contributed by atoms with van der Waals surface area (Å²) in [5.74, 6) is 2.59. The summed E-state index contributed by atoms with van der Waals surface area (Å²) in [7, 11) is 0. The minimum Gasteiger partial charge on any atom is -0.492 e. The smallest absolute Gasteiger partial charge is 0.133 e. The van der Waals surface area contributed by atoms with Gasteiger partial charge in [-0.25, -0.2) is 0 Å². The van der Waals surface area contributed by atoms with Crippen molar-refractivity contribution in [3.63, 3.8) is 0 Å². The summed E-state index contributed by atoms with van der Waals surface area (Å²) in [6, 6.07) is 7.03. The lowest BCUT2D eigenvalue weighted by Gasteiger charge is -2.20. The SMILES string of the molecule is CCCNC(c1ccc(OCCC)c(Br)c1)C1CC1C. The van der Waals surface area contributed by atoms with Crippen LogP contribution in [0.2, 0.25) is 0 Å². The van der Waals surface area contributed by atoms with E-state index in [2.05, 4.69) is 60.2 Å². The lowest BCUT2D eigenvalue weighted by atomic mass is 10.0. The molecule has 1 N–H and O–H groups in total. The van der Waals surface area contributed by atoms with Crippen molar-refractivity contribution in [2.75, 3.05) is 13.2 Å². The zero-order valence-electron chi connectivity index (χ0n) is 12.8. The quantitative estimate of drug-likeness (QED) is 0.724. The minimum absolute atomic E-state index is 0.487. The Bertz CT molecular complexity index is 435. The molecule has 2 rings (SSSR count). The molecule has 0 aromatic heterocycles. The van der Waals surface area contributed by atoms with Gasteiger partial charge in [-0.3, -0.25) is 0 Å². The number of benzene rings is 1. The summed E-state index contributed by atoms with van der Waals surface area (Å²) in [6.45, 7) is 8.55. The third-order valence-electron chi connectivity index (χ3n) is 3.99. The van der Waals surface area contributed by atoms with E-state index in [0.717, 1.165) is 41.6 Å². The van der Waals surface area contributed by atoms with Crippen molar-refractivity contribution in [3.05, 3.63) is 28.2 Å². The van der Waals surface area contributed by atoms with E-state index in [9.17, 15) is 0 Å². The maximum atomic E-state index is 5.73. The van der Waals surface area contributed by atoms with Gasteiger partial charge in [-0.1, -0.05) is 26.8 Å². The van der Waals surface area contributed by atoms with Gasteiger partial charge in [-0.2, -0.15) is 0 Å². The third kappa shape index (κ3) is 3.98. The number of hydrogen-bond acceptors (Lipinski definition) is 2. The van der Waals surface area contributed by atoms with E-state index in [1.807, 2.05) is 0 Å². The van der Waals surface area contributed by atoms with E-state index >= 15 is 0 Å². The van der Waals surface area contributed by atoms with Crippen molar-refractivity contribution in [2.45, 2.75) is 46.1 Å². The molecule has 1 aromatic rings. The third-order valence-corrected chi connectivity index (χ3v) is 4.61. The Labute approximate surface area is 131 Å². The van der Waals surface area contributed by atoms with Gasteiger partial charge < -0.3 is 10.1 Å². The van der Waals surface area contributed by atoms with Gasteiger partial charge in [0.1, 0.15) is 5.75 Å².